The summed E-state index contributed by atoms with van der Waals surface area (Å²) < 4.78 is 20.2. The van der Waals surface area contributed by atoms with Crippen molar-refractivity contribution in [3.63, 3.8) is 0 Å². The zero-order valence-corrected chi connectivity index (χ0v) is 18.2. The summed E-state index contributed by atoms with van der Waals surface area (Å²) in [6.45, 7) is 2.27. The minimum absolute atomic E-state index is 0.0503. The summed E-state index contributed by atoms with van der Waals surface area (Å²) in [5.41, 5.74) is 1.17. The Kier molecular flexibility index (Phi) is 8.75. The molecule has 0 radical (unpaired) electrons. The molecule has 1 atom stereocenters. The van der Waals surface area contributed by atoms with Crippen molar-refractivity contribution in [2.24, 2.45) is 11.8 Å². The van der Waals surface area contributed by atoms with E-state index < -0.39 is 5.82 Å². The molecule has 160 valence electrons. The molecule has 0 saturated heterocycles. The van der Waals surface area contributed by atoms with Crippen LogP contribution in [0.25, 0.3) is 0 Å². The van der Waals surface area contributed by atoms with E-state index in [1.54, 1.807) is 6.07 Å². The van der Waals surface area contributed by atoms with E-state index in [1.807, 2.05) is 24.3 Å². The summed E-state index contributed by atoms with van der Waals surface area (Å²) in [5.74, 6) is 1.65. The zero-order chi connectivity index (χ0) is 21.2. The van der Waals surface area contributed by atoms with E-state index in [-0.39, 0.29) is 11.7 Å². The minimum atomic E-state index is -0.525. The molecule has 0 spiro atoms. The number of hydrogen-bond donors (Lipinski definition) is 0. The highest BCUT2D eigenvalue weighted by atomic mass is 19.1. The van der Waals surface area contributed by atoms with Gasteiger partial charge in [0, 0.05) is 6.07 Å². The van der Waals surface area contributed by atoms with Crippen molar-refractivity contribution in [1.29, 1.82) is 5.26 Å². The molecule has 0 N–H and O–H groups in total. The second kappa shape index (κ2) is 11.7. The Labute approximate surface area is 181 Å². The summed E-state index contributed by atoms with van der Waals surface area (Å²) in [5, 5.41) is 8.95. The van der Waals surface area contributed by atoms with Crippen LogP contribution in [0.3, 0.4) is 0 Å². The first-order valence-electron chi connectivity index (χ1n) is 11.6. The van der Waals surface area contributed by atoms with Crippen LogP contribution >= 0.6 is 0 Å². The van der Waals surface area contributed by atoms with Crippen molar-refractivity contribution in [2.75, 3.05) is 0 Å². The number of ether oxygens (including phenoxy) is 1. The van der Waals surface area contributed by atoms with Gasteiger partial charge < -0.3 is 4.74 Å². The maximum absolute atomic E-state index is 14.0. The molecule has 1 saturated carbocycles. The Morgan fingerprint density at radius 3 is 2.33 bits per heavy atom. The SMILES string of the molecule is CCCCCC1CCC(CCC(Oc2ccc(C#N)c(F)c2)c2ccccc2)CC1. The van der Waals surface area contributed by atoms with E-state index in [9.17, 15) is 4.39 Å². The van der Waals surface area contributed by atoms with Gasteiger partial charge in [-0.1, -0.05) is 88.6 Å². The molecule has 0 heterocycles. The first-order chi connectivity index (χ1) is 14.7. The molecule has 2 nitrogen and oxygen atoms in total. The van der Waals surface area contributed by atoms with Crippen molar-refractivity contribution >= 4 is 0 Å². The van der Waals surface area contributed by atoms with E-state index in [1.165, 1.54) is 63.5 Å². The lowest BCUT2D eigenvalue weighted by atomic mass is 9.77. The molecule has 3 rings (SSSR count). The molecule has 0 amide bonds. The quantitative estimate of drug-likeness (QED) is 0.374. The van der Waals surface area contributed by atoms with Crippen LogP contribution in [0.15, 0.2) is 48.5 Å². The number of rotatable bonds is 10. The van der Waals surface area contributed by atoms with Crippen molar-refractivity contribution in [2.45, 2.75) is 77.2 Å². The van der Waals surface area contributed by atoms with Crippen LogP contribution in [0, 0.1) is 29.0 Å². The van der Waals surface area contributed by atoms with Crippen molar-refractivity contribution < 1.29 is 9.13 Å². The molecule has 30 heavy (non-hydrogen) atoms. The van der Waals surface area contributed by atoms with Gasteiger partial charge in [-0.2, -0.15) is 5.26 Å². The molecular weight excluding hydrogens is 373 g/mol. The van der Waals surface area contributed by atoms with Gasteiger partial charge in [0.05, 0.1) is 5.56 Å². The Balaban J connectivity index is 1.57. The van der Waals surface area contributed by atoms with E-state index in [2.05, 4.69) is 19.1 Å². The Bertz CT molecular complexity index is 805. The average molecular weight is 408 g/mol. The minimum Gasteiger partial charge on any atom is -0.486 e. The Morgan fingerprint density at radius 1 is 1.00 bits per heavy atom. The second-order valence-electron chi connectivity index (χ2n) is 8.73. The van der Waals surface area contributed by atoms with Crippen LogP contribution in [-0.4, -0.2) is 0 Å². The summed E-state index contributed by atoms with van der Waals surface area (Å²) in [4.78, 5) is 0. The van der Waals surface area contributed by atoms with Crippen molar-refractivity contribution in [3.8, 4) is 11.8 Å². The van der Waals surface area contributed by atoms with Crippen molar-refractivity contribution in [3.05, 3.63) is 65.5 Å². The summed E-state index contributed by atoms with van der Waals surface area (Å²) in [6, 6.07) is 16.6. The molecule has 1 aliphatic carbocycles. The van der Waals surface area contributed by atoms with Crippen LogP contribution in [0.4, 0.5) is 4.39 Å². The molecule has 2 aromatic rings. The number of nitriles is 1. The summed E-state index contributed by atoms with van der Waals surface area (Å²) in [7, 11) is 0. The van der Waals surface area contributed by atoms with Crippen LogP contribution in [0.2, 0.25) is 0 Å². The molecule has 1 fully saturated rings. The largest absolute Gasteiger partial charge is 0.486 e. The lowest BCUT2D eigenvalue weighted by molar-refractivity contribution is 0.167. The summed E-state index contributed by atoms with van der Waals surface area (Å²) >= 11 is 0. The molecule has 1 unspecified atom stereocenters. The maximum Gasteiger partial charge on any atom is 0.144 e. The topological polar surface area (TPSA) is 33.0 Å². The normalized spacial score (nSPS) is 19.8. The fourth-order valence-electron chi connectivity index (χ4n) is 4.66. The average Bonchev–Trinajstić information content (AvgIpc) is 2.78. The van der Waals surface area contributed by atoms with Gasteiger partial charge >= 0.3 is 0 Å². The third-order valence-corrected chi connectivity index (χ3v) is 6.53. The Hall–Kier alpha value is -2.34. The van der Waals surface area contributed by atoms with Gasteiger partial charge in [-0.05, 0) is 42.4 Å². The monoisotopic (exact) mass is 407 g/mol. The van der Waals surface area contributed by atoms with E-state index >= 15 is 0 Å². The number of halogens is 1. The zero-order valence-electron chi connectivity index (χ0n) is 18.2. The second-order valence-corrected chi connectivity index (χ2v) is 8.73. The molecule has 0 aliphatic heterocycles. The number of nitrogens with zero attached hydrogens (tertiary/aromatic N) is 1. The van der Waals surface area contributed by atoms with Crippen LogP contribution < -0.4 is 4.74 Å². The Morgan fingerprint density at radius 2 is 1.70 bits per heavy atom. The molecule has 3 heteroatoms. The smallest absolute Gasteiger partial charge is 0.144 e. The number of hydrogen-bond acceptors (Lipinski definition) is 2. The predicted molar refractivity (Wildman–Crippen MR) is 120 cm³/mol. The highest BCUT2D eigenvalue weighted by molar-refractivity contribution is 5.36. The molecular formula is C27H34FNO. The van der Waals surface area contributed by atoms with Crippen molar-refractivity contribution in [1.82, 2.24) is 0 Å². The highest BCUT2D eigenvalue weighted by Crippen LogP contribution is 2.36. The maximum atomic E-state index is 14.0. The number of benzene rings is 2. The fourth-order valence-corrected chi connectivity index (χ4v) is 4.66. The number of unbranched alkanes of at least 4 members (excludes halogenated alkanes) is 2. The van der Waals surface area contributed by atoms with Gasteiger partial charge in [0.1, 0.15) is 23.7 Å². The van der Waals surface area contributed by atoms with Gasteiger partial charge in [-0.3, -0.25) is 0 Å². The van der Waals surface area contributed by atoms with Gasteiger partial charge in [0.2, 0.25) is 0 Å². The fraction of sp³-hybridized carbons (Fsp3) is 0.519. The van der Waals surface area contributed by atoms with E-state index in [4.69, 9.17) is 10.00 Å². The molecule has 2 aromatic carbocycles. The third-order valence-electron chi connectivity index (χ3n) is 6.53. The first kappa shape index (κ1) is 22.3. The van der Waals surface area contributed by atoms with Gasteiger partial charge in [-0.15, -0.1) is 0 Å². The van der Waals surface area contributed by atoms with Gasteiger partial charge in [0.25, 0.3) is 0 Å². The summed E-state index contributed by atoms with van der Waals surface area (Å²) in [6.07, 6.45) is 12.8. The molecule has 0 bridgehead atoms. The lowest BCUT2D eigenvalue weighted by Crippen LogP contribution is -2.16. The van der Waals surface area contributed by atoms with Crippen LogP contribution in [-0.2, 0) is 0 Å². The van der Waals surface area contributed by atoms with Gasteiger partial charge in [-0.25, -0.2) is 4.39 Å². The molecule has 1 aliphatic rings. The van der Waals surface area contributed by atoms with E-state index in [0.717, 1.165) is 30.2 Å². The van der Waals surface area contributed by atoms with E-state index in [0.29, 0.717) is 5.75 Å². The van der Waals surface area contributed by atoms with Gasteiger partial charge in [0.15, 0.2) is 0 Å². The van der Waals surface area contributed by atoms with Crippen LogP contribution in [0.1, 0.15) is 88.4 Å². The first-order valence-corrected chi connectivity index (χ1v) is 11.6. The lowest BCUT2D eigenvalue weighted by Gasteiger charge is -2.30. The third kappa shape index (κ3) is 6.59. The predicted octanol–water partition coefficient (Wildman–Crippen LogP) is 7.98. The van der Waals surface area contributed by atoms with Crippen LogP contribution in [0.5, 0.6) is 5.75 Å². The highest BCUT2D eigenvalue weighted by Gasteiger charge is 2.23. The molecule has 0 aromatic heterocycles. The standard InChI is InChI=1S/C27H34FNO/c1-2-3-5-8-21-11-13-22(14-12-21)15-18-27(23-9-6-4-7-10-23)30-25-17-16-24(20-29)26(28)19-25/h4,6-7,9-10,16-17,19,21-22,27H,2-3,5,8,11-15,18H2,1H3.